The highest BCUT2D eigenvalue weighted by Crippen LogP contribution is 2.14. The van der Waals surface area contributed by atoms with Gasteiger partial charge in [-0.05, 0) is 26.3 Å². The van der Waals surface area contributed by atoms with Crippen LogP contribution in [-0.2, 0) is 0 Å². The van der Waals surface area contributed by atoms with E-state index < -0.39 is 0 Å². The molecule has 0 unspecified atom stereocenters. The van der Waals surface area contributed by atoms with Gasteiger partial charge in [0.15, 0.2) is 0 Å². The third-order valence-corrected chi connectivity index (χ3v) is 2.08. The molecule has 1 N–H and O–H groups in total. The van der Waals surface area contributed by atoms with Gasteiger partial charge in [-0.15, -0.1) is 0 Å². The molecule has 0 aromatic heterocycles. The van der Waals surface area contributed by atoms with Gasteiger partial charge in [0.1, 0.15) is 0 Å². The van der Waals surface area contributed by atoms with Gasteiger partial charge in [-0.25, -0.2) is 0 Å². The lowest BCUT2D eigenvalue weighted by Crippen LogP contribution is -2.29. The van der Waals surface area contributed by atoms with Crippen molar-refractivity contribution in [3.8, 4) is 0 Å². The van der Waals surface area contributed by atoms with Crippen molar-refractivity contribution >= 4 is 0 Å². The van der Waals surface area contributed by atoms with Crippen LogP contribution >= 0.6 is 0 Å². The lowest BCUT2D eigenvalue weighted by atomic mass is 10.2. The van der Waals surface area contributed by atoms with Crippen LogP contribution in [0.1, 0.15) is 19.8 Å². The van der Waals surface area contributed by atoms with Crippen molar-refractivity contribution in [2.24, 2.45) is 0 Å². The smallest absolute Gasteiger partial charge is 0.0558 e. The summed E-state index contributed by atoms with van der Waals surface area (Å²) in [6.45, 7) is 4.58. The van der Waals surface area contributed by atoms with Crippen molar-refractivity contribution in [3.05, 3.63) is 0 Å². The number of nitrogens with zero attached hydrogens (tertiary/aromatic N) is 1. The first-order valence-electron chi connectivity index (χ1n) is 3.69. The van der Waals surface area contributed by atoms with Crippen molar-refractivity contribution in [2.75, 3.05) is 19.7 Å². The monoisotopic (exact) mass is 129 g/mol. The van der Waals surface area contributed by atoms with Gasteiger partial charge in [0.05, 0.1) is 6.61 Å². The molecule has 1 heterocycles. The number of hydrogen-bond donors (Lipinski definition) is 1. The van der Waals surface area contributed by atoms with E-state index in [1.54, 1.807) is 0 Å². The molecule has 0 amide bonds. The van der Waals surface area contributed by atoms with Crippen LogP contribution in [0.4, 0.5) is 0 Å². The second kappa shape index (κ2) is 3.18. The first kappa shape index (κ1) is 7.03. The van der Waals surface area contributed by atoms with E-state index in [1.165, 1.54) is 19.4 Å². The molecule has 1 saturated heterocycles. The zero-order valence-electron chi connectivity index (χ0n) is 6.01. The highest BCUT2D eigenvalue weighted by Gasteiger charge is 2.18. The van der Waals surface area contributed by atoms with E-state index in [0.717, 1.165) is 6.54 Å². The zero-order chi connectivity index (χ0) is 6.69. The molecule has 0 spiro atoms. The van der Waals surface area contributed by atoms with Gasteiger partial charge in [0.2, 0.25) is 0 Å². The Labute approximate surface area is 56.5 Å². The summed E-state index contributed by atoms with van der Waals surface area (Å²) >= 11 is 0. The summed E-state index contributed by atoms with van der Waals surface area (Å²) in [6, 6.07) is 0.706. The summed E-state index contributed by atoms with van der Waals surface area (Å²) < 4.78 is 0. The van der Waals surface area contributed by atoms with Gasteiger partial charge in [0.25, 0.3) is 0 Å². The van der Waals surface area contributed by atoms with Crippen molar-refractivity contribution in [2.45, 2.75) is 25.8 Å². The average Bonchev–Trinajstić information content (AvgIpc) is 2.18. The normalized spacial score (nSPS) is 29.3. The minimum Gasteiger partial charge on any atom is -0.395 e. The Morgan fingerprint density at radius 3 is 2.89 bits per heavy atom. The number of rotatable bonds is 2. The van der Waals surface area contributed by atoms with Crippen LogP contribution < -0.4 is 0 Å². The fourth-order valence-corrected chi connectivity index (χ4v) is 1.45. The summed E-state index contributed by atoms with van der Waals surface area (Å²) in [6.07, 6.45) is 2.61. The molecule has 0 aromatic rings. The first-order valence-corrected chi connectivity index (χ1v) is 3.69. The lowest BCUT2D eigenvalue weighted by molar-refractivity contribution is 0.192. The highest BCUT2D eigenvalue weighted by molar-refractivity contribution is 4.74. The largest absolute Gasteiger partial charge is 0.395 e. The van der Waals surface area contributed by atoms with Gasteiger partial charge in [0, 0.05) is 12.6 Å². The van der Waals surface area contributed by atoms with Crippen LogP contribution in [0.15, 0.2) is 0 Å². The van der Waals surface area contributed by atoms with Gasteiger partial charge in [-0.2, -0.15) is 0 Å². The number of β-amino-alcohol motifs (C(OH)–C–C–N with tert-alkyl or cyclic N) is 1. The van der Waals surface area contributed by atoms with Crippen LogP contribution in [0, 0.1) is 0 Å². The fraction of sp³-hybridized carbons (Fsp3) is 1.00. The molecular weight excluding hydrogens is 114 g/mol. The van der Waals surface area contributed by atoms with E-state index in [0.29, 0.717) is 12.6 Å². The summed E-state index contributed by atoms with van der Waals surface area (Å²) in [5.41, 5.74) is 0. The topological polar surface area (TPSA) is 23.5 Å². The third kappa shape index (κ3) is 1.66. The number of aliphatic hydroxyl groups is 1. The minimum atomic E-state index is 0.310. The van der Waals surface area contributed by atoms with Crippen molar-refractivity contribution in [1.82, 2.24) is 4.90 Å². The summed E-state index contributed by atoms with van der Waals surface area (Å²) in [5, 5.41) is 8.60. The van der Waals surface area contributed by atoms with Gasteiger partial charge in [-0.1, -0.05) is 0 Å². The Balaban J connectivity index is 2.22. The van der Waals surface area contributed by atoms with Crippen LogP contribution in [0.2, 0.25) is 0 Å². The molecule has 0 saturated carbocycles. The second-order valence-electron chi connectivity index (χ2n) is 2.75. The zero-order valence-corrected chi connectivity index (χ0v) is 6.01. The van der Waals surface area contributed by atoms with Crippen molar-refractivity contribution in [1.29, 1.82) is 0 Å². The number of hydrogen-bond acceptors (Lipinski definition) is 2. The minimum absolute atomic E-state index is 0.310. The highest BCUT2D eigenvalue weighted by atomic mass is 16.3. The molecule has 1 fully saturated rings. The maximum atomic E-state index is 8.60. The number of aliphatic hydroxyl groups excluding tert-OH is 1. The molecule has 0 aliphatic carbocycles. The van der Waals surface area contributed by atoms with E-state index in [2.05, 4.69) is 11.8 Å². The molecule has 2 heteroatoms. The summed E-state index contributed by atoms with van der Waals surface area (Å²) in [5.74, 6) is 0. The second-order valence-corrected chi connectivity index (χ2v) is 2.75. The number of likely N-dealkylation sites (tertiary alicyclic amines) is 1. The standard InChI is InChI=1S/C7H15NO/c1-7-3-2-4-8(7)5-6-9/h7,9H,2-6H2,1H3/t7-/m0/s1. The molecular formula is C7H15NO. The average molecular weight is 129 g/mol. The molecule has 2 nitrogen and oxygen atoms in total. The lowest BCUT2D eigenvalue weighted by Gasteiger charge is -2.18. The quantitative estimate of drug-likeness (QED) is 0.585. The molecule has 0 bridgehead atoms. The molecule has 9 heavy (non-hydrogen) atoms. The van der Waals surface area contributed by atoms with E-state index in [-0.39, 0.29) is 0 Å². The molecule has 1 rings (SSSR count). The molecule has 54 valence electrons. The first-order chi connectivity index (χ1) is 4.34. The third-order valence-electron chi connectivity index (χ3n) is 2.08. The Bertz CT molecular complexity index is 85.0. The predicted octanol–water partition coefficient (Wildman–Crippen LogP) is 0.463. The molecule has 1 aliphatic heterocycles. The van der Waals surface area contributed by atoms with E-state index in [4.69, 9.17) is 5.11 Å². The summed E-state index contributed by atoms with van der Waals surface area (Å²) in [7, 11) is 0. The predicted molar refractivity (Wildman–Crippen MR) is 37.4 cm³/mol. The Kier molecular flexibility index (Phi) is 2.49. The van der Waals surface area contributed by atoms with E-state index in [1.807, 2.05) is 0 Å². The van der Waals surface area contributed by atoms with Crippen LogP contribution in [-0.4, -0.2) is 35.7 Å². The summed E-state index contributed by atoms with van der Waals surface area (Å²) in [4.78, 5) is 2.33. The Morgan fingerprint density at radius 1 is 1.67 bits per heavy atom. The van der Waals surface area contributed by atoms with Crippen LogP contribution in [0.3, 0.4) is 0 Å². The van der Waals surface area contributed by atoms with Gasteiger partial charge in [-0.3, -0.25) is 4.90 Å². The SMILES string of the molecule is C[C@H]1CCCN1CCO. The van der Waals surface area contributed by atoms with Crippen LogP contribution in [0.5, 0.6) is 0 Å². The fourth-order valence-electron chi connectivity index (χ4n) is 1.45. The Morgan fingerprint density at radius 2 is 2.44 bits per heavy atom. The Hall–Kier alpha value is -0.0800. The van der Waals surface area contributed by atoms with Crippen molar-refractivity contribution in [3.63, 3.8) is 0 Å². The van der Waals surface area contributed by atoms with E-state index >= 15 is 0 Å². The maximum absolute atomic E-state index is 8.60. The maximum Gasteiger partial charge on any atom is 0.0558 e. The molecule has 0 radical (unpaired) electrons. The van der Waals surface area contributed by atoms with E-state index in [9.17, 15) is 0 Å². The van der Waals surface area contributed by atoms with Crippen LogP contribution in [0.25, 0.3) is 0 Å². The molecule has 1 atom stereocenters. The molecule has 1 aliphatic rings. The molecule has 0 aromatic carbocycles. The van der Waals surface area contributed by atoms with Gasteiger partial charge < -0.3 is 5.11 Å². The van der Waals surface area contributed by atoms with Gasteiger partial charge >= 0.3 is 0 Å². The van der Waals surface area contributed by atoms with Crippen molar-refractivity contribution < 1.29 is 5.11 Å².